The van der Waals surface area contributed by atoms with Crippen LogP contribution >= 0.6 is 0 Å². The van der Waals surface area contributed by atoms with Gasteiger partial charge >= 0.3 is 0 Å². The molecular weight excluding hydrogens is 418 g/mol. The third kappa shape index (κ3) is 4.23. The van der Waals surface area contributed by atoms with E-state index in [2.05, 4.69) is 27.0 Å². The molecule has 1 aromatic heterocycles. The Morgan fingerprint density at radius 3 is 2.76 bits per heavy atom. The van der Waals surface area contributed by atoms with Gasteiger partial charge in [-0.2, -0.15) is 0 Å². The quantitative estimate of drug-likeness (QED) is 0.608. The van der Waals surface area contributed by atoms with Crippen molar-refractivity contribution in [1.29, 1.82) is 0 Å². The highest BCUT2D eigenvalue weighted by Crippen LogP contribution is 2.31. The number of carbonyl (C=O) groups is 3. The molecule has 0 saturated carbocycles. The first-order chi connectivity index (χ1) is 16.0. The van der Waals surface area contributed by atoms with Crippen LogP contribution in [0.2, 0.25) is 0 Å². The third-order valence-electron chi connectivity index (χ3n) is 7.03. The van der Waals surface area contributed by atoms with Gasteiger partial charge in [-0.05, 0) is 68.0 Å². The van der Waals surface area contributed by atoms with E-state index in [1.807, 2.05) is 31.3 Å². The molecule has 2 aromatic rings. The molecule has 3 aliphatic heterocycles. The van der Waals surface area contributed by atoms with Crippen molar-refractivity contribution < 1.29 is 14.4 Å². The van der Waals surface area contributed by atoms with Crippen molar-refractivity contribution in [3.8, 4) is 0 Å². The fourth-order valence-electron chi connectivity index (χ4n) is 5.13. The summed E-state index contributed by atoms with van der Waals surface area (Å²) >= 11 is 0. The fourth-order valence-corrected chi connectivity index (χ4v) is 5.13. The fraction of sp³-hybridized carbons (Fsp3) is 0.440. The molecule has 172 valence electrons. The van der Waals surface area contributed by atoms with Crippen LogP contribution in [0.25, 0.3) is 0 Å². The number of pyridine rings is 1. The molecule has 3 amide bonds. The first kappa shape index (κ1) is 21.6. The topological polar surface area (TPSA) is 103 Å². The van der Waals surface area contributed by atoms with Crippen LogP contribution in [-0.2, 0) is 22.7 Å². The Morgan fingerprint density at radius 2 is 1.97 bits per heavy atom. The van der Waals surface area contributed by atoms with Crippen LogP contribution in [0.15, 0.2) is 30.5 Å². The Labute approximate surface area is 193 Å². The Kier molecular flexibility index (Phi) is 5.85. The summed E-state index contributed by atoms with van der Waals surface area (Å²) in [6, 6.07) is 7.44. The number of imide groups is 1. The van der Waals surface area contributed by atoms with E-state index in [1.165, 1.54) is 5.56 Å². The second-order valence-electron chi connectivity index (χ2n) is 9.13. The summed E-state index contributed by atoms with van der Waals surface area (Å²) in [5.41, 5.74) is 5.65. The van der Waals surface area contributed by atoms with E-state index in [9.17, 15) is 14.4 Å². The molecule has 8 heteroatoms. The molecule has 0 bridgehead atoms. The smallest absolute Gasteiger partial charge is 0.255 e. The van der Waals surface area contributed by atoms with Crippen molar-refractivity contribution in [2.24, 2.45) is 0 Å². The van der Waals surface area contributed by atoms with Gasteiger partial charge in [0.1, 0.15) is 6.04 Å². The lowest BCUT2D eigenvalue weighted by molar-refractivity contribution is -0.136. The minimum atomic E-state index is -0.600. The number of carbonyl (C=O) groups excluding carboxylic acids is 3. The maximum absolute atomic E-state index is 13.3. The lowest BCUT2D eigenvalue weighted by atomic mass is 9.91. The SMILES string of the molecule is Cc1ncc(C2CCNCC2)cc1NCc1cccc2c1C(=O)N(C1CCC(=O)NC1=O)C2. The summed E-state index contributed by atoms with van der Waals surface area (Å²) in [4.78, 5) is 43.4. The van der Waals surface area contributed by atoms with Crippen LogP contribution in [0, 0.1) is 6.92 Å². The van der Waals surface area contributed by atoms with Gasteiger partial charge in [-0.15, -0.1) is 0 Å². The Morgan fingerprint density at radius 1 is 1.15 bits per heavy atom. The average Bonchev–Trinajstić information content (AvgIpc) is 3.16. The zero-order chi connectivity index (χ0) is 22.9. The Bertz CT molecular complexity index is 1110. The van der Waals surface area contributed by atoms with Gasteiger partial charge in [-0.25, -0.2) is 0 Å². The summed E-state index contributed by atoms with van der Waals surface area (Å²) < 4.78 is 0. The lowest BCUT2D eigenvalue weighted by Crippen LogP contribution is -2.52. The molecule has 3 N–H and O–H groups in total. The second kappa shape index (κ2) is 8.94. The largest absolute Gasteiger partial charge is 0.379 e. The molecule has 0 aliphatic carbocycles. The van der Waals surface area contributed by atoms with Gasteiger partial charge in [0, 0.05) is 31.3 Å². The predicted molar refractivity (Wildman–Crippen MR) is 124 cm³/mol. The van der Waals surface area contributed by atoms with Gasteiger partial charge in [0.2, 0.25) is 11.8 Å². The van der Waals surface area contributed by atoms with Crippen molar-refractivity contribution in [2.45, 2.75) is 57.7 Å². The summed E-state index contributed by atoms with van der Waals surface area (Å²) in [5.74, 6) is -0.288. The zero-order valence-electron chi connectivity index (χ0n) is 18.8. The van der Waals surface area contributed by atoms with E-state index in [-0.39, 0.29) is 24.1 Å². The number of nitrogens with one attached hydrogen (secondary N) is 3. The Balaban J connectivity index is 1.33. The number of aryl methyl sites for hydroxylation is 1. The van der Waals surface area contributed by atoms with E-state index in [0.717, 1.165) is 48.4 Å². The lowest BCUT2D eigenvalue weighted by Gasteiger charge is -2.29. The van der Waals surface area contributed by atoms with Gasteiger partial charge in [0.25, 0.3) is 5.91 Å². The van der Waals surface area contributed by atoms with Crippen LogP contribution in [0.5, 0.6) is 0 Å². The maximum atomic E-state index is 13.3. The van der Waals surface area contributed by atoms with Crippen LogP contribution in [0.3, 0.4) is 0 Å². The highest BCUT2D eigenvalue weighted by atomic mass is 16.2. The van der Waals surface area contributed by atoms with Crippen molar-refractivity contribution in [3.63, 3.8) is 0 Å². The zero-order valence-corrected chi connectivity index (χ0v) is 18.8. The van der Waals surface area contributed by atoms with E-state index in [4.69, 9.17) is 0 Å². The predicted octanol–water partition coefficient (Wildman–Crippen LogP) is 2.23. The van der Waals surface area contributed by atoms with E-state index in [1.54, 1.807) is 4.90 Å². The molecule has 33 heavy (non-hydrogen) atoms. The number of benzene rings is 1. The van der Waals surface area contributed by atoms with Crippen LogP contribution in [0.1, 0.15) is 64.3 Å². The highest BCUT2D eigenvalue weighted by Gasteiger charge is 2.39. The number of rotatable bonds is 5. The number of amides is 3. The van der Waals surface area contributed by atoms with E-state index < -0.39 is 6.04 Å². The number of nitrogens with zero attached hydrogens (tertiary/aromatic N) is 2. The number of aromatic nitrogens is 1. The number of hydrogen-bond donors (Lipinski definition) is 3. The summed E-state index contributed by atoms with van der Waals surface area (Å²) in [6.45, 7) is 4.93. The molecule has 1 aromatic carbocycles. The monoisotopic (exact) mass is 447 g/mol. The molecule has 8 nitrogen and oxygen atoms in total. The molecule has 5 rings (SSSR count). The van der Waals surface area contributed by atoms with E-state index in [0.29, 0.717) is 31.0 Å². The first-order valence-corrected chi connectivity index (χ1v) is 11.7. The second-order valence-corrected chi connectivity index (χ2v) is 9.13. The van der Waals surface area contributed by atoms with Gasteiger partial charge in [0.15, 0.2) is 0 Å². The molecular formula is C25H29N5O3. The van der Waals surface area contributed by atoms with Crippen molar-refractivity contribution in [3.05, 3.63) is 58.4 Å². The van der Waals surface area contributed by atoms with Gasteiger partial charge in [-0.1, -0.05) is 18.2 Å². The highest BCUT2D eigenvalue weighted by molar-refractivity contribution is 6.06. The number of fused-ring (bicyclic) bond motifs is 1. The molecule has 0 radical (unpaired) electrons. The van der Waals surface area contributed by atoms with Crippen molar-refractivity contribution >= 4 is 23.4 Å². The third-order valence-corrected chi connectivity index (χ3v) is 7.03. The first-order valence-electron chi connectivity index (χ1n) is 11.7. The minimum Gasteiger partial charge on any atom is -0.379 e. The van der Waals surface area contributed by atoms with Gasteiger partial charge in [-0.3, -0.25) is 24.7 Å². The average molecular weight is 448 g/mol. The van der Waals surface area contributed by atoms with E-state index >= 15 is 0 Å². The number of anilines is 1. The molecule has 0 spiro atoms. The molecule has 1 unspecified atom stereocenters. The summed E-state index contributed by atoms with van der Waals surface area (Å²) in [6.07, 6.45) is 4.83. The normalized spacial score (nSPS) is 21.2. The molecule has 2 fully saturated rings. The maximum Gasteiger partial charge on any atom is 0.255 e. The number of piperidine rings is 2. The standard InChI is InChI=1S/C25H29N5O3/c1-15-20(11-19(13-27-15)16-7-9-26-10-8-16)28-12-17-3-2-4-18-14-30(25(33)23(17)18)21-5-6-22(31)29-24(21)32/h2-4,11,13,16,21,26,28H,5-10,12,14H2,1H3,(H,29,31,32). The van der Waals surface area contributed by atoms with Crippen LogP contribution < -0.4 is 16.0 Å². The molecule has 2 saturated heterocycles. The molecule has 1 atom stereocenters. The van der Waals surface area contributed by atoms with Crippen LogP contribution in [0.4, 0.5) is 5.69 Å². The number of hydrogen-bond acceptors (Lipinski definition) is 6. The summed E-state index contributed by atoms with van der Waals surface area (Å²) in [7, 11) is 0. The van der Waals surface area contributed by atoms with Gasteiger partial charge in [0.05, 0.1) is 11.4 Å². The molecule has 4 heterocycles. The van der Waals surface area contributed by atoms with Crippen molar-refractivity contribution in [2.75, 3.05) is 18.4 Å². The van der Waals surface area contributed by atoms with Gasteiger partial charge < -0.3 is 15.5 Å². The minimum absolute atomic E-state index is 0.143. The van der Waals surface area contributed by atoms with Crippen molar-refractivity contribution in [1.82, 2.24) is 20.5 Å². The van der Waals surface area contributed by atoms with Crippen LogP contribution in [-0.4, -0.2) is 46.7 Å². The Hall–Kier alpha value is -3.26. The molecule has 3 aliphatic rings. The summed E-state index contributed by atoms with van der Waals surface area (Å²) in [5, 5.41) is 9.26.